The van der Waals surface area contributed by atoms with Crippen LogP contribution in [-0.2, 0) is 0 Å². The van der Waals surface area contributed by atoms with Gasteiger partial charge in [-0.1, -0.05) is 67.3 Å². The Morgan fingerprint density at radius 3 is 2.26 bits per heavy atom. The van der Waals surface area contributed by atoms with Crippen molar-refractivity contribution in [1.82, 2.24) is 0 Å². The fourth-order valence-corrected chi connectivity index (χ4v) is 5.16. The van der Waals surface area contributed by atoms with Crippen molar-refractivity contribution in [3.63, 3.8) is 0 Å². The summed E-state index contributed by atoms with van der Waals surface area (Å²) >= 11 is 1.83. The molecule has 0 N–H and O–H groups in total. The number of thiophene rings is 1. The van der Waals surface area contributed by atoms with Gasteiger partial charge in [-0.15, -0.1) is 11.3 Å². The molecule has 130 valence electrons. The van der Waals surface area contributed by atoms with Gasteiger partial charge in [0.05, 0.1) is 10.6 Å². The molecule has 1 heterocycles. The van der Waals surface area contributed by atoms with Crippen molar-refractivity contribution in [3.05, 3.63) is 77.7 Å². The number of nitrogens with zero attached hydrogens (tertiary/aromatic N) is 1. The Balaban J connectivity index is 1.92. The number of hydrogen-bond donors (Lipinski definition) is 0. The molecular weight excluding hydrogens is 346 g/mol. The molecule has 0 spiro atoms. The van der Waals surface area contributed by atoms with Gasteiger partial charge in [-0.2, -0.15) is 0 Å². The lowest BCUT2D eigenvalue weighted by Gasteiger charge is -2.13. The predicted octanol–water partition coefficient (Wildman–Crippen LogP) is 7.82. The van der Waals surface area contributed by atoms with E-state index in [4.69, 9.17) is 4.99 Å². The molecule has 5 rings (SSSR count). The minimum atomic E-state index is 1.06. The summed E-state index contributed by atoms with van der Waals surface area (Å²) in [4.78, 5) is 7.25. The van der Waals surface area contributed by atoms with Gasteiger partial charge in [0.1, 0.15) is 0 Å². The van der Waals surface area contributed by atoms with Crippen molar-refractivity contribution in [2.45, 2.75) is 13.8 Å². The highest BCUT2D eigenvalue weighted by Gasteiger charge is 2.17. The molecule has 4 aromatic carbocycles. The maximum atomic E-state index is 4.70. The molecule has 0 saturated carbocycles. The van der Waals surface area contributed by atoms with Gasteiger partial charge in [0.15, 0.2) is 0 Å². The van der Waals surface area contributed by atoms with Crippen LogP contribution in [0.4, 0.5) is 5.69 Å². The van der Waals surface area contributed by atoms with Gasteiger partial charge in [-0.25, -0.2) is 0 Å². The maximum absolute atomic E-state index is 4.70. The Kier molecular flexibility index (Phi) is 3.63. The van der Waals surface area contributed by atoms with Crippen LogP contribution >= 0.6 is 11.3 Å². The summed E-state index contributed by atoms with van der Waals surface area (Å²) in [6.45, 7) is 8.10. The van der Waals surface area contributed by atoms with E-state index in [9.17, 15) is 0 Å². The lowest BCUT2D eigenvalue weighted by molar-refractivity contribution is 1.40. The molecule has 1 nitrogen and oxygen atoms in total. The average molecular weight is 366 g/mol. The van der Waals surface area contributed by atoms with Crippen LogP contribution in [0.3, 0.4) is 0 Å². The highest BCUT2D eigenvalue weighted by Crippen LogP contribution is 2.46. The predicted molar refractivity (Wildman–Crippen MR) is 121 cm³/mol. The number of benzene rings is 4. The third-order valence-corrected chi connectivity index (χ3v) is 6.67. The first kappa shape index (κ1) is 16.2. The Morgan fingerprint density at radius 1 is 0.852 bits per heavy atom. The van der Waals surface area contributed by atoms with Crippen LogP contribution in [0.15, 0.2) is 72.2 Å². The summed E-state index contributed by atoms with van der Waals surface area (Å²) in [5, 5.41) is 7.89. The lowest BCUT2D eigenvalue weighted by Crippen LogP contribution is -1.86. The Hall–Kier alpha value is -2.97. The summed E-state index contributed by atoms with van der Waals surface area (Å²) in [6.07, 6.45) is 3.52. The normalized spacial score (nSPS) is 12.1. The van der Waals surface area contributed by atoms with Crippen LogP contribution in [0, 0.1) is 13.8 Å². The average Bonchev–Trinajstić information content (AvgIpc) is 2.98. The van der Waals surface area contributed by atoms with E-state index in [-0.39, 0.29) is 0 Å². The molecule has 2 heteroatoms. The Bertz CT molecular complexity index is 1340. The summed E-state index contributed by atoms with van der Waals surface area (Å²) in [6, 6.07) is 20.0. The van der Waals surface area contributed by atoms with Crippen LogP contribution < -0.4 is 0 Å². The molecule has 0 amide bonds. The molecule has 0 fully saturated rings. The minimum Gasteiger partial charge on any atom is -0.255 e. The van der Waals surface area contributed by atoms with Gasteiger partial charge in [0.25, 0.3) is 0 Å². The van der Waals surface area contributed by atoms with Crippen molar-refractivity contribution in [2.24, 2.45) is 4.99 Å². The molecule has 0 unspecified atom stereocenters. The van der Waals surface area contributed by atoms with E-state index in [1.807, 2.05) is 11.3 Å². The third-order valence-electron chi connectivity index (χ3n) is 5.44. The largest absolute Gasteiger partial charge is 0.255 e. The van der Waals surface area contributed by atoms with Gasteiger partial charge >= 0.3 is 0 Å². The van der Waals surface area contributed by atoms with Crippen LogP contribution in [0.1, 0.15) is 10.4 Å². The second-order valence-electron chi connectivity index (χ2n) is 6.94. The second-order valence-corrected chi connectivity index (χ2v) is 8.17. The molecule has 0 bridgehead atoms. The minimum absolute atomic E-state index is 1.06. The molecular formula is C25H19NS. The van der Waals surface area contributed by atoms with Crippen LogP contribution in [0.25, 0.3) is 42.8 Å². The zero-order chi connectivity index (χ0) is 18.5. The first-order valence-electron chi connectivity index (χ1n) is 9.11. The highest BCUT2D eigenvalue weighted by molar-refractivity contribution is 7.16. The van der Waals surface area contributed by atoms with E-state index in [1.165, 1.54) is 53.2 Å². The molecule has 0 radical (unpaired) electrons. The van der Waals surface area contributed by atoms with Gasteiger partial charge in [0, 0.05) is 16.7 Å². The van der Waals surface area contributed by atoms with E-state index in [0.717, 1.165) is 5.69 Å². The van der Waals surface area contributed by atoms with Crippen molar-refractivity contribution in [1.29, 1.82) is 0 Å². The number of rotatable bonds is 3. The smallest absolute Gasteiger partial charge is 0.0847 e. The first-order valence-corrected chi connectivity index (χ1v) is 9.92. The summed E-state index contributed by atoms with van der Waals surface area (Å²) in [7, 11) is 0. The van der Waals surface area contributed by atoms with Gasteiger partial charge < -0.3 is 0 Å². The molecule has 0 aliphatic carbocycles. The standard InChI is InChI=1S/C25H19NS/c1-4-14-26-24-15(2)16(3)27-25(24)21-13-11-19-9-8-17-6-5-7-18-10-12-20(21)23(19)22(17)18/h4-14H,1H2,2-3H3. The molecule has 27 heavy (non-hydrogen) atoms. The highest BCUT2D eigenvalue weighted by atomic mass is 32.1. The van der Waals surface area contributed by atoms with Gasteiger partial charge in [0.2, 0.25) is 0 Å². The quantitative estimate of drug-likeness (QED) is 0.228. The number of aliphatic imine (C=N–C) groups is 1. The van der Waals surface area contributed by atoms with E-state index >= 15 is 0 Å². The van der Waals surface area contributed by atoms with Crippen LogP contribution in [0.5, 0.6) is 0 Å². The van der Waals surface area contributed by atoms with E-state index in [0.29, 0.717) is 0 Å². The SMILES string of the molecule is C=CC=Nc1c(-c2ccc3ccc4cccc5ccc2c3c45)sc(C)c1C. The molecule has 5 aromatic rings. The zero-order valence-electron chi connectivity index (χ0n) is 15.4. The van der Waals surface area contributed by atoms with Crippen molar-refractivity contribution in [3.8, 4) is 10.4 Å². The van der Waals surface area contributed by atoms with Gasteiger partial charge in [-0.05, 0) is 51.7 Å². The van der Waals surface area contributed by atoms with Gasteiger partial charge in [-0.3, -0.25) is 4.99 Å². The fraction of sp³-hybridized carbons (Fsp3) is 0.0800. The summed E-state index contributed by atoms with van der Waals surface area (Å²) < 4.78 is 0. The van der Waals surface area contributed by atoms with Crippen molar-refractivity contribution >= 4 is 55.6 Å². The maximum Gasteiger partial charge on any atom is 0.0847 e. The number of aryl methyl sites for hydroxylation is 1. The monoisotopic (exact) mass is 365 g/mol. The summed E-state index contributed by atoms with van der Waals surface area (Å²) in [5.74, 6) is 0. The van der Waals surface area contributed by atoms with Crippen LogP contribution in [-0.4, -0.2) is 6.21 Å². The zero-order valence-corrected chi connectivity index (χ0v) is 16.2. The second kappa shape index (κ2) is 6.04. The van der Waals surface area contributed by atoms with Crippen molar-refractivity contribution < 1.29 is 0 Å². The Labute approximate surface area is 162 Å². The molecule has 0 saturated heterocycles. The van der Waals surface area contributed by atoms with E-state index < -0.39 is 0 Å². The lowest BCUT2D eigenvalue weighted by atomic mass is 9.91. The fourth-order valence-electron chi connectivity index (χ4n) is 4.01. The number of hydrogen-bond acceptors (Lipinski definition) is 2. The van der Waals surface area contributed by atoms with E-state index in [1.54, 1.807) is 12.3 Å². The summed E-state index contributed by atoms with van der Waals surface area (Å²) in [5.41, 5.74) is 3.57. The molecule has 1 aromatic heterocycles. The molecule has 0 atom stereocenters. The molecule has 0 aliphatic heterocycles. The number of allylic oxidation sites excluding steroid dienone is 1. The first-order chi connectivity index (χ1) is 13.2. The van der Waals surface area contributed by atoms with E-state index in [2.05, 4.69) is 75.0 Å². The Morgan fingerprint density at radius 2 is 1.52 bits per heavy atom. The molecule has 0 aliphatic rings. The van der Waals surface area contributed by atoms with Crippen LogP contribution in [0.2, 0.25) is 0 Å². The topological polar surface area (TPSA) is 12.4 Å². The third kappa shape index (κ3) is 2.34. The van der Waals surface area contributed by atoms with Crippen molar-refractivity contribution in [2.75, 3.05) is 0 Å².